The molecule has 2 aromatic rings. The number of nitrogens with zero attached hydrogens (tertiary/aromatic N) is 2. The Hall–Kier alpha value is -1.33. The van der Waals surface area contributed by atoms with Crippen LogP contribution in [-0.2, 0) is 19.4 Å². The Labute approximate surface area is 138 Å². The number of thiophene rings is 1. The molecular weight excluding hydrogens is 312 g/mol. The number of hydrogen-bond donors (Lipinski definition) is 0. The zero-order chi connectivity index (χ0) is 15.7. The first-order valence-corrected chi connectivity index (χ1v) is 9.35. The standard InChI is InChI=1S/C17H20N2OS2/c1-4-9-19-16(20)14-12-7-5-6-8-13(12)22-15(14)18-17(19)21-10-11(2)3/h4H,1-2,5-10H2,3H3. The van der Waals surface area contributed by atoms with Gasteiger partial charge < -0.3 is 0 Å². The maximum atomic E-state index is 13.0. The minimum atomic E-state index is 0.0912. The predicted octanol–water partition coefficient (Wildman–Crippen LogP) is 4.19. The Kier molecular flexibility index (Phi) is 4.54. The smallest absolute Gasteiger partial charge is 0.263 e. The summed E-state index contributed by atoms with van der Waals surface area (Å²) in [6.45, 7) is 10.2. The molecule has 0 atom stereocenters. The number of hydrogen-bond acceptors (Lipinski definition) is 4. The second-order valence-corrected chi connectivity index (χ2v) is 7.76. The molecule has 0 spiro atoms. The summed E-state index contributed by atoms with van der Waals surface area (Å²) in [4.78, 5) is 20.0. The van der Waals surface area contributed by atoms with Gasteiger partial charge >= 0.3 is 0 Å². The van der Waals surface area contributed by atoms with Crippen molar-refractivity contribution in [3.8, 4) is 0 Å². The van der Waals surface area contributed by atoms with Gasteiger partial charge in [0.15, 0.2) is 5.16 Å². The molecule has 0 aromatic carbocycles. The summed E-state index contributed by atoms with van der Waals surface area (Å²) in [7, 11) is 0. The Morgan fingerprint density at radius 3 is 2.95 bits per heavy atom. The summed E-state index contributed by atoms with van der Waals surface area (Å²) in [6, 6.07) is 0. The van der Waals surface area contributed by atoms with E-state index in [9.17, 15) is 4.79 Å². The zero-order valence-electron chi connectivity index (χ0n) is 12.9. The minimum absolute atomic E-state index is 0.0912. The maximum absolute atomic E-state index is 13.0. The molecule has 0 unspecified atom stereocenters. The molecule has 3 rings (SSSR count). The van der Waals surface area contributed by atoms with Gasteiger partial charge in [0.05, 0.1) is 5.39 Å². The molecule has 0 aliphatic heterocycles. The quantitative estimate of drug-likeness (QED) is 0.468. The summed E-state index contributed by atoms with van der Waals surface area (Å²) in [5.74, 6) is 0.778. The Morgan fingerprint density at radius 2 is 2.23 bits per heavy atom. The van der Waals surface area contributed by atoms with Crippen molar-refractivity contribution < 1.29 is 0 Å². The van der Waals surface area contributed by atoms with Crippen LogP contribution in [0.5, 0.6) is 0 Å². The van der Waals surface area contributed by atoms with Gasteiger partial charge in [-0.15, -0.1) is 17.9 Å². The summed E-state index contributed by atoms with van der Waals surface area (Å²) < 4.78 is 1.75. The van der Waals surface area contributed by atoms with Crippen LogP contribution in [0.1, 0.15) is 30.2 Å². The number of allylic oxidation sites excluding steroid dienone is 1. The van der Waals surface area contributed by atoms with Crippen LogP contribution in [0, 0.1) is 0 Å². The fraction of sp³-hybridized carbons (Fsp3) is 0.412. The first kappa shape index (κ1) is 15.6. The van der Waals surface area contributed by atoms with Gasteiger partial charge in [-0.2, -0.15) is 0 Å². The van der Waals surface area contributed by atoms with Crippen LogP contribution in [0.2, 0.25) is 0 Å². The van der Waals surface area contributed by atoms with E-state index in [0.717, 1.165) is 39.5 Å². The highest BCUT2D eigenvalue weighted by Gasteiger charge is 2.21. The van der Waals surface area contributed by atoms with Gasteiger partial charge in [0.25, 0.3) is 5.56 Å². The first-order valence-electron chi connectivity index (χ1n) is 7.55. The molecule has 22 heavy (non-hydrogen) atoms. The van der Waals surface area contributed by atoms with Crippen molar-refractivity contribution in [3.63, 3.8) is 0 Å². The number of rotatable bonds is 5. The molecule has 1 aliphatic carbocycles. The van der Waals surface area contributed by atoms with Crippen LogP contribution in [0.25, 0.3) is 10.2 Å². The normalized spacial score (nSPS) is 14.0. The van der Waals surface area contributed by atoms with Gasteiger partial charge in [-0.25, -0.2) is 4.98 Å². The van der Waals surface area contributed by atoms with Crippen molar-refractivity contribution in [1.29, 1.82) is 0 Å². The maximum Gasteiger partial charge on any atom is 0.263 e. The summed E-state index contributed by atoms with van der Waals surface area (Å²) in [5.41, 5.74) is 2.42. The van der Waals surface area contributed by atoms with Crippen molar-refractivity contribution in [3.05, 3.63) is 45.6 Å². The van der Waals surface area contributed by atoms with Crippen LogP contribution >= 0.6 is 23.1 Å². The fourth-order valence-corrected chi connectivity index (χ4v) is 4.96. The number of thioether (sulfide) groups is 1. The first-order chi connectivity index (χ1) is 10.6. The van der Waals surface area contributed by atoms with Crippen molar-refractivity contribution in [2.45, 2.75) is 44.3 Å². The lowest BCUT2D eigenvalue weighted by Gasteiger charge is -2.12. The van der Waals surface area contributed by atoms with E-state index in [2.05, 4.69) is 13.2 Å². The average molecular weight is 332 g/mol. The van der Waals surface area contributed by atoms with Crippen LogP contribution < -0.4 is 5.56 Å². The minimum Gasteiger partial charge on any atom is -0.283 e. The molecule has 0 saturated heterocycles. The third-order valence-corrected chi connectivity index (χ3v) is 6.19. The monoisotopic (exact) mass is 332 g/mol. The van der Waals surface area contributed by atoms with Gasteiger partial charge in [0.2, 0.25) is 0 Å². The van der Waals surface area contributed by atoms with Crippen LogP contribution in [-0.4, -0.2) is 15.3 Å². The van der Waals surface area contributed by atoms with E-state index in [1.165, 1.54) is 23.3 Å². The lowest BCUT2D eigenvalue weighted by molar-refractivity contribution is 0.668. The molecule has 0 N–H and O–H groups in total. The van der Waals surface area contributed by atoms with Crippen molar-refractivity contribution in [2.24, 2.45) is 0 Å². The van der Waals surface area contributed by atoms with Gasteiger partial charge in [0.1, 0.15) is 4.83 Å². The van der Waals surface area contributed by atoms with Crippen LogP contribution in [0.4, 0.5) is 0 Å². The lowest BCUT2D eigenvalue weighted by Crippen LogP contribution is -2.23. The van der Waals surface area contributed by atoms with Crippen molar-refractivity contribution in [1.82, 2.24) is 9.55 Å². The van der Waals surface area contributed by atoms with Crippen molar-refractivity contribution in [2.75, 3.05) is 5.75 Å². The largest absolute Gasteiger partial charge is 0.283 e. The molecule has 2 heterocycles. The highest BCUT2D eigenvalue weighted by Crippen LogP contribution is 2.34. The number of aromatic nitrogens is 2. The van der Waals surface area contributed by atoms with E-state index in [0.29, 0.717) is 6.54 Å². The van der Waals surface area contributed by atoms with Crippen LogP contribution in [0.15, 0.2) is 34.8 Å². The van der Waals surface area contributed by atoms with Crippen molar-refractivity contribution >= 4 is 33.3 Å². The molecule has 3 nitrogen and oxygen atoms in total. The second kappa shape index (κ2) is 6.42. The van der Waals surface area contributed by atoms with E-state index in [4.69, 9.17) is 4.98 Å². The van der Waals surface area contributed by atoms with Gasteiger partial charge in [-0.3, -0.25) is 9.36 Å². The molecule has 5 heteroatoms. The van der Waals surface area contributed by atoms with E-state index >= 15 is 0 Å². The van der Waals surface area contributed by atoms with Crippen LogP contribution in [0.3, 0.4) is 0 Å². The second-order valence-electron chi connectivity index (χ2n) is 5.74. The molecule has 0 amide bonds. The Bertz CT molecular complexity index is 801. The molecule has 0 saturated carbocycles. The zero-order valence-corrected chi connectivity index (χ0v) is 14.5. The van der Waals surface area contributed by atoms with E-state index < -0.39 is 0 Å². The molecular formula is C17H20N2OS2. The molecule has 2 aromatic heterocycles. The van der Waals surface area contributed by atoms with Gasteiger partial charge in [-0.1, -0.05) is 30.0 Å². The molecule has 0 fully saturated rings. The third-order valence-electron chi connectivity index (χ3n) is 3.80. The van der Waals surface area contributed by atoms with E-state index in [-0.39, 0.29) is 5.56 Å². The van der Waals surface area contributed by atoms with Gasteiger partial charge in [-0.05, 0) is 38.2 Å². The average Bonchev–Trinajstić information content (AvgIpc) is 2.86. The number of fused-ring (bicyclic) bond motifs is 3. The highest BCUT2D eigenvalue weighted by atomic mass is 32.2. The predicted molar refractivity (Wildman–Crippen MR) is 96.3 cm³/mol. The summed E-state index contributed by atoms with van der Waals surface area (Å²) >= 11 is 3.28. The fourth-order valence-electron chi connectivity index (χ4n) is 2.81. The van der Waals surface area contributed by atoms with E-state index in [1.54, 1.807) is 33.7 Å². The lowest BCUT2D eigenvalue weighted by atomic mass is 9.97. The molecule has 1 aliphatic rings. The number of aryl methyl sites for hydroxylation is 2. The summed E-state index contributed by atoms with van der Waals surface area (Å²) in [6.07, 6.45) is 6.26. The molecule has 0 bridgehead atoms. The van der Waals surface area contributed by atoms with E-state index in [1.807, 2.05) is 6.92 Å². The summed E-state index contributed by atoms with van der Waals surface area (Å²) in [5, 5.41) is 1.63. The third kappa shape index (κ3) is 2.79. The topological polar surface area (TPSA) is 34.9 Å². The molecule has 116 valence electrons. The molecule has 0 radical (unpaired) electrons. The Morgan fingerprint density at radius 1 is 1.45 bits per heavy atom. The highest BCUT2D eigenvalue weighted by molar-refractivity contribution is 7.99. The SMILES string of the molecule is C=CCn1c(SCC(=C)C)nc2sc3c(c2c1=O)CCCC3. The van der Waals surface area contributed by atoms with Gasteiger partial charge in [0, 0.05) is 17.2 Å². The Balaban J connectivity index is 2.18.